The number of hydrogen-bond donors (Lipinski definition) is 3. The van der Waals surface area contributed by atoms with Gasteiger partial charge >= 0.3 is 0 Å². The third-order valence-electron chi connectivity index (χ3n) is 4.71. The fourth-order valence-electron chi connectivity index (χ4n) is 3.10. The zero-order chi connectivity index (χ0) is 18.2. The van der Waals surface area contributed by atoms with E-state index in [-0.39, 0.29) is 18.6 Å². The number of benzene rings is 1. The van der Waals surface area contributed by atoms with Gasteiger partial charge in [0.25, 0.3) is 5.91 Å². The van der Waals surface area contributed by atoms with E-state index in [1.54, 1.807) is 13.0 Å². The largest absolute Gasteiger partial charge is 0.494 e. The molecule has 0 aromatic heterocycles. The van der Waals surface area contributed by atoms with Crippen molar-refractivity contribution in [3.8, 4) is 5.75 Å². The van der Waals surface area contributed by atoms with Crippen molar-refractivity contribution in [2.75, 3.05) is 26.3 Å². The Morgan fingerprint density at radius 2 is 2.12 bits per heavy atom. The number of carbonyl (C=O) groups excluding carboxylic acids is 1. The minimum absolute atomic E-state index is 0.0800. The second-order valence-electron chi connectivity index (χ2n) is 6.92. The van der Waals surface area contributed by atoms with E-state index < -0.39 is 0 Å². The summed E-state index contributed by atoms with van der Waals surface area (Å²) in [6, 6.07) is 5.19. The quantitative estimate of drug-likeness (QED) is 0.627. The molecule has 25 heavy (non-hydrogen) atoms. The van der Waals surface area contributed by atoms with Crippen LogP contribution < -0.4 is 10.1 Å². The van der Waals surface area contributed by atoms with Gasteiger partial charge in [-0.25, -0.2) is 0 Å². The maximum Gasteiger partial charge on any atom is 0.251 e. The Hall–Kier alpha value is -1.63. The van der Waals surface area contributed by atoms with Gasteiger partial charge in [0.15, 0.2) is 0 Å². The molecule has 1 aliphatic heterocycles. The molecule has 1 saturated heterocycles. The molecule has 1 fully saturated rings. The Labute approximate surface area is 149 Å². The number of aliphatic hydroxyl groups excluding tert-OH is 1. The molecule has 140 valence electrons. The smallest absolute Gasteiger partial charge is 0.251 e. The molecule has 1 amide bonds. The van der Waals surface area contributed by atoms with E-state index in [1.165, 1.54) is 5.06 Å². The number of rotatable bonds is 8. The highest BCUT2D eigenvalue weighted by Crippen LogP contribution is 2.22. The molecule has 0 radical (unpaired) electrons. The maximum atomic E-state index is 12.1. The Balaban J connectivity index is 1.75. The van der Waals surface area contributed by atoms with Crippen molar-refractivity contribution in [2.24, 2.45) is 5.92 Å². The minimum Gasteiger partial charge on any atom is -0.494 e. The summed E-state index contributed by atoms with van der Waals surface area (Å²) in [4.78, 5) is 12.1. The van der Waals surface area contributed by atoms with Crippen LogP contribution in [0.4, 0.5) is 0 Å². The van der Waals surface area contributed by atoms with Crippen molar-refractivity contribution < 1.29 is 19.8 Å². The summed E-state index contributed by atoms with van der Waals surface area (Å²) in [6.07, 6.45) is 4.20. The van der Waals surface area contributed by atoms with E-state index in [2.05, 4.69) is 5.32 Å². The highest BCUT2D eigenvalue weighted by atomic mass is 16.5. The van der Waals surface area contributed by atoms with Gasteiger partial charge in [-0.05, 0) is 69.2 Å². The van der Waals surface area contributed by atoms with Gasteiger partial charge in [-0.15, -0.1) is 0 Å². The molecule has 1 unspecified atom stereocenters. The average molecular weight is 350 g/mol. The molecule has 1 atom stereocenters. The van der Waals surface area contributed by atoms with Gasteiger partial charge in [-0.1, -0.05) is 0 Å². The number of nitrogens with one attached hydrogen (secondary N) is 1. The van der Waals surface area contributed by atoms with Crippen LogP contribution in [0, 0.1) is 12.8 Å². The molecule has 0 saturated carbocycles. The molecule has 2 rings (SSSR count). The molecule has 1 aliphatic rings. The van der Waals surface area contributed by atoms with Gasteiger partial charge in [-0.3, -0.25) is 4.79 Å². The van der Waals surface area contributed by atoms with Crippen LogP contribution in [0.3, 0.4) is 0 Å². The molecular formula is C19H30N2O4. The van der Waals surface area contributed by atoms with Crippen LogP contribution in [0.5, 0.6) is 5.75 Å². The van der Waals surface area contributed by atoms with Crippen LogP contribution in [-0.4, -0.2) is 53.6 Å². The second kappa shape index (κ2) is 9.75. The normalized spacial score (nSPS) is 17.3. The van der Waals surface area contributed by atoms with E-state index in [4.69, 9.17) is 9.84 Å². The zero-order valence-corrected chi connectivity index (χ0v) is 15.2. The SMILES string of the molecule is Cc1cc(OCCCC2CCN(O)CC2)ccc1C(=O)NC(C)CO. The van der Waals surface area contributed by atoms with Gasteiger partial charge in [0, 0.05) is 24.7 Å². The fraction of sp³-hybridized carbons (Fsp3) is 0.632. The number of nitrogens with zero attached hydrogens (tertiary/aromatic N) is 1. The summed E-state index contributed by atoms with van der Waals surface area (Å²) in [6.45, 7) is 5.75. The number of hydroxylamine groups is 2. The molecule has 1 aromatic carbocycles. The van der Waals surface area contributed by atoms with Gasteiger partial charge < -0.3 is 20.4 Å². The number of hydrogen-bond acceptors (Lipinski definition) is 5. The van der Waals surface area contributed by atoms with E-state index >= 15 is 0 Å². The third-order valence-corrected chi connectivity index (χ3v) is 4.71. The average Bonchev–Trinajstić information content (AvgIpc) is 2.60. The molecule has 1 heterocycles. The van der Waals surface area contributed by atoms with E-state index in [0.29, 0.717) is 18.1 Å². The van der Waals surface area contributed by atoms with E-state index in [1.807, 2.05) is 19.1 Å². The lowest BCUT2D eigenvalue weighted by Crippen LogP contribution is -2.35. The Kier molecular flexibility index (Phi) is 7.68. The number of aryl methyl sites for hydroxylation is 1. The predicted octanol–water partition coefficient (Wildman–Crippen LogP) is 2.37. The Bertz CT molecular complexity index is 556. The summed E-state index contributed by atoms with van der Waals surface area (Å²) in [5.41, 5.74) is 1.46. The molecular weight excluding hydrogens is 320 g/mol. The van der Waals surface area contributed by atoms with Crippen LogP contribution in [-0.2, 0) is 0 Å². The Morgan fingerprint density at radius 3 is 2.76 bits per heavy atom. The Morgan fingerprint density at radius 1 is 1.40 bits per heavy atom. The summed E-state index contributed by atoms with van der Waals surface area (Å²) in [5, 5.41) is 22.5. The van der Waals surface area contributed by atoms with Crippen molar-refractivity contribution in [3.05, 3.63) is 29.3 Å². The van der Waals surface area contributed by atoms with E-state index in [9.17, 15) is 10.0 Å². The lowest BCUT2D eigenvalue weighted by molar-refractivity contribution is -0.112. The van der Waals surface area contributed by atoms with Crippen molar-refractivity contribution in [2.45, 2.75) is 45.6 Å². The summed E-state index contributed by atoms with van der Waals surface area (Å²) >= 11 is 0. The van der Waals surface area contributed by atoms with Crippen LogP contribution in [0.2, 0.25) is 0 Å². The van der Waals surface area contributed by atoms with Crippen molar-refractivity contribution >= 4 is 5.91 Å². The first-order valence-electron chi connectivity index (χ1n) is 9.08. The zero-order valence-electron chi connectivity index (χ0n) is 15.2. The summed E-state index contributed by atoms with van der Waals surface area (Å²) < 4.78 is 5.80. The molecule has 0 bridgehead atoms. The van der Waals surface area contributed by atoms with Crippen LogP contribution in [0.15, 0.2) is 18.2 Å². The topological polar surface area (TPSA) is 82.0 Å². The van der Waals surface area contributed by atoms with Gasteiger partial charge in [0.2, 0.25) is 0 Å². The van der Waals surface area contributed by atoms with Crippen molar-refractivity contribution in [3.63, 3.8) is 0 Å². The summed E-state index contributed by atoms with van der Waals surface area (Å²) in [5.74, 6) is 1.27. The van der Waals surface area contributed by atoms with Gasteiger partial charge in [0.1, 0.15) is 5.75 Å². The molecule has 0 aliphatic carbocycles. The molecule has 3 N–H and O–H groups in total. The first-order chi connectivity index (χ1) is 12.0. The number of amides is 1. The first-order valence-corrected chi connectivity index (χ1v) is 9.08. The van der Waals surface area contributed by atoms with Crippen molar-refractivity contribution in [1.82, 2.24) is 10.4 Å². The van der Waals surface area contributed by atoms with Crippen LogP contribution in [0.1, 0.15) is 48.5 Å². The summed E-state index contributed by atoms with van der Waals surface area (Å²) in [7, 11) is 0. The number of carbonyl (C=O) groups is 1. The number of aliphatic hydroxyl groups is 1. The number of ether oxygens (including phenoxy) is 1. The molecule has 6 nitrogen and oxygen atoms in total. The third kappa shape index (κ3) is 6.30. The highest BCUT2D eigenvalue weighted by molar-refractivity contribution is 5.95. The van der Waals surface area contributed by atoms with Crippen LogP contribution >= 0.6 is 0 Å². The van der Waals surface area contributed by atoms with Gasteiger partial charge in [-0.2, -0.15) is 5.06 Å². The fourth-order valence-corrected chi connectivity index (χ4v) is 3.10. The lowest BCUT2D eigenvalue weighted by atomic mass is 9.93. The van der Waals surface area contributed by atoms with E-state index in [0.717, 1.165) is 50.1 Å². The number of piperidine rings is 1. The minimum atomic E-state index is -0.263. The highest BCUT2D eigenvalue weighted by Gasteiger charge is 2.17. The lowest BCUT2D eigenvalue weighted by Gasteiger charge is -2.27. The van der Waals surface area contributed by atoms with Gasteiger partial charge in [0.05, 0.1) is 13.2 Å². The maximum absolute atomic E-state index is 12.1. The van der Waals surface area contributed by atoms with Crippen molar-refractivity contribution in [1.29, 1.82) is 0 Å². The predicted molar refractivity (Wildman–Crippen MR) is 96.0 cm³/mol. The van der Waals surface area contributed by atoms with Crippen LogP contribution in [0.25, 0.3) is 0 Å². The second-order valence-corrected chi connectivity index (χ2v) is 6.92. The monoisotopic (exact) mass is 350 g/mol. The molecule has 6 heteroatoms. The first kappa shape index (κ1) is 19.7. The standard InChI is InChI=1S/C19H30N2O4/c1-14-12-17(5-6-18(14)19(23)20-15(2)13-22)25-11-3-4-16-7-9-21(24)10-8-16/h5-6,12,15-16,22,24H,3-4,7-11,13H2,1-2H3,(H,20,23). The molecule has 1 aromatic rings. The molecule has 0 spiro atoms.